The molecule has 0 aliphatic rings. The highest BCUT2D eigenvalue weighted by Crippen LogP contribution is 2.21. The van der Waals surface area contributed by atoms with Crippen LogP contribution in [-0.2, 0) is 0 Å². The highest BCUT2D eigenvalue weighted by Gasteiger charge is 2.11. The van der Waals surface area contributed by atoms with Crippen molar-refractivity contribution in [1.29, 1.82) is 0 Å². The van der Waals surface area contributed by atoms with Gasteiger partial charge in [0.2, 0.25) is 0 Å². The van der Waals surface area contributed by atoms with Gasteiger partial charge in [-0.2, -0.15) is 0 Å². The number of halogens is 1. The van der Waals surface area contributed by atoms with E-state index in [1.54, 1.807) is 6.07 Å². The molecule has 1 atom stereocenters. The highest BCUT2D eigenvalue weighted by atomic mass is 79.9. The second-order valence-electron chi connectivity index (χ2n) is 4.06. The van der Waals surface area contributed by atoms with E-state index in [1.165, 1.54) is 11.3 Å². The number of nitrogens with one attached hydrogen (secondary N) is 1. The van der Waals surface area contributed by atoms with Crippen LogP contribution in [0.2, 0.25) is 0 Å². The van der Waals surface area contributed by atoms with E-state index < -0.39 is 6.10 Å². The summed E-state index contributed by atoms with van der Waals surface area (Å²) in [5.74, 6) is -0.133. The molecule has 2 rings (SSSR count). The monoisotopic (exact) mass is 339 g/mol. The van der Waals surface area contributed by atoms with E-state index in [1.807, 2.05) is 35.7 Å². The average molecular weight is 340 g/mol. The van der Waals surface area contributed by atoms with Gasteiger partial charge in [-0.05, 0) is 45.9 Å². The highest BCUT2D eigenvalue weighted by molar-refractivity contribution is 9.10. The summed E-state index contributed by atoms with van der Waals surface area (Å²) in [4.78, 5) is 12.8. The van der Waals surface area contributed by atoms with Gasteiger partial charge < -0.3 is 10.4 Å². The van der Waals surface area contributed by atoms with Crippen molar-refractivity contribution in [3.8, 4) is 0 Å². The minimum atomic E-state index is -0.514. The molecule has 0 aliphatic carbocycles. The van der Waals surface area contributed by atoms with Crippen LogP contribution in [-0.4, -0.2) is 17.6 Å². The maximum Gasteiger partial charge on any atom is 0.252 e. The molecule has 2 aromatic rings. The summed E-state index contributed by atoms with van der Waals surface area (Å²) in [6, 6.07) is 11.1. The Bertz CT molecular complexity index is 542. The fourth-order valence-electron chi connectivity index (χ4n) is 1.69. The first-order valence-corrected chi connectivity index (χ1v) is 7.60. The fraction of sp³-hybridized carbons (Fsp3) is 0.214. The summed E-state index contributed by atoms with van der Waals surface area (Å²) in [7, 11) is 0. The lowest BCUT2D eigenvalue weighted by Crippen LogP contribution is -2.25. The van der Waals surface area contributed by atoms with Crippen molar-refractivity contribution in [2.75, 3.05) is 6.54 Å². The summed E-state index contributed by atoms with van der Waals surface area (Å²) >= 11 is 4.86. The maximum atomic E-state index is 11.9. The Labute approximate surface area is 124 Å². The quantitative estimate of drug-likeness (QED) is 0.877. The smallest absolute Gasteiger partial charge is 0.252 e. The zero-order valence-corrected chi connectivity index (χ0v) is 12.6. The van der Waals surface area contributed by atoms with Gasteiger partial charge in [0.15, 0.2) is 0 Å². The number of amides is 1. The van der Waals surface area contributed by atoms with E-state index in [2.05, 4.69) is 21.2 Å². The summed E-state index contributed by atoms with van der Waals surface area (Å²) in [6.45, 7) is 0.444. The first-order valence-electron chi connectivity index (χ1n) is 5.92. The molecule has 1 aromatic heterocycles. The van der Waals surface area contributed by atoms with E-state index in [9.17, 15) is 9.90 Å². The van der Waals surface area contributed by atoms with E-state index in [4.69, 9.17) is 0 Å². The third-order valence-corrected chi connectivity index (χ3v) is 4.36. The van der Waals surface area contributed by atoms with Crippen molar-refractivity contribution in [3.63, 3.8) is 0 Å². The standard InChI is InChI=1S/C14H14BrNO2S/c15-11-5-2-1-4-10(11)14(18)16-8-7-12(17)13-6-3-9-19-13/h1-6,9,12,17H,7-8H2,(H,16,18)/t12-/m0/s1. The van der Waals surface area contributed by atoms with Gasteiger partial charge in [-0.25, -0.2) is 0 Å². The number of benzene rings is 1. The van der Waals surface area contributed by atoms with E-state index in [-0.39, 0.29) is 5.91 Å². The minimum Gasteiger partial charge on any atom is -0.388 e. The molecule has 3 nitrogen and oxygen atoms in total. The molecule has 0 saturated heterocycles. The zero-order valence-electron chi connectivity index (χ0n) is 10.2. The molecule has 0 fully saturated rings. The van der Waals surface area contributed by atoms with Crippen LogP contribution in [0.25, 0.3) is 0 Å². The van der Waals surface area contributed by atoms with Crippen LogP contribution < -0.4 is 5.32 Å². The van der Waals surface area contributed by atoms with Crippen LogP contribution in [0.3, 0.4) is 0 Å². The van der Waals surface area contributed by atoms with Gasteiger partial charge in [-0.15, -0.1) is 11.3 Å². The lowest BCUT2D eigenvalue weighted by atomic mass is 10.2. The molecule has 0 bridgehead atoms. The maximum absolute atomic E-state index is 11.9. The molecule has 0 radical (unpaired) electrons. The van der Waals surface area contributed by atoms with Gasteiger partial charge in [-0.3, -0.25) is 4.79 Å². The lowest BCUT2D eigenvalue weighted by molar-refractivity contribution is 0.0942. The Morgan fingerprint density at radius 2 is 2.11 bits per heavy atom. The Hall–Kier alpha value is -1.17. The first kappa shape index (κ1) is 14.2. The molecule has 19 heavy (non-hydrogen) atoms. The Kier molecular flexibility index (Phi) is 5.13. The Balaban J connectivity index is 1.83. The molecule has 1 heterocycles. The Morgan fingerprint density at radius 1 is 1.32 bits per heavy atom. The number of thiophene rings is 1. The fourth-order valence-corrected chi connectivity index (χ4v) is 2.90. The molecule has 0 unspecified atom stereocenters. The lowest BCUT2D eigenvalue weighted by Gasteiger charge is -2.10. The topological polar surface area (TPSA) is 49.3 Å². The van der Waals surface area contributed by atoms with Crippen LogP contribution in [0.1, 0.15) is 27.8 Å². The van der Waals surface area contributed by atoms with Crippen molar-refractivity contribution in [1.82, 2.24) is 5.32 Å². The molecule has 0 saturated carbocycles. The predicted octanol–water partition coefficient (Wildman–Crippen LogP) is 3.36. The number of carbonyl (C=O) groups excluding carboxylic acids is 1. The number of aliphatic hydroxyl groups is 1. The molecule has 0 aliphatic heterocycles. The van der Waals surface area contributed by atoms with E-state index in [0.29, 0.717) is 18.5 Å². The Morgan fingerprint density at radius 3 is 2.79 bits per heavy atom. The molecule has 1 aromatic carbocycles. The summed E-state index contributed by atoms with van der Waals surface area (Å²) < 4.78 is 0.770. The van der Waals surface area contributed by atoms with Gasteiger partial charge in [0.05, 0.1) is 11.7 Å². The number of rotatable bonds is 5. The van der Waals surface area contributed by atoms with Crippen molar-refractivity contribution in [2.45, 2.75) is 12.5 Å². The van der Waals surface area contributed by atoms with Gasteiger partial charge in [0.1, 0.15) is 0 Å². The van der Waals surface area contributed by atoms with Crippen molar-refractivity contribution in [2.24, 2.45) is 0 Å². The van der Waals surface area contributed by atoms with Crippen LogP contribution in [0, 0.1) is 0 Å². The predicted molar refractivity (Wildman–Crippen MR) is 80.4 cm³/mol. The molecular formula is C14H14BrNO2S. The third kappa shape index (κ3) is 3.89. The second-order valence-corrected chi connectivity index (χ2v) is 5.89. The molecule has 0 spiro atoms. The molecule has 1 amide bonds. The van der Waals surface area contributed by atoms with Crippen LogP contribution in [0.15, 0.2) is 46.3 Å². The average Bonchev–Trinajstić information content (AvgIpc) is 2.93. The SMILES string of the molecule is O=C(NCC[C@H](O)c1cccs1)c1ccccc1Br. The van der Waals surface area contributed by atoms with Gasteiger partial charge >= 0.3 is 0 Å². The van der Waals surface area contributed by atoms with Crippen LogP contribution in [0.4, 0.5) is 0 Å². The summed E-state index contributed by atoms with van der Waals surface area (Å²) in [5.41, 5.74) is 0.605. The first-order chi connectivity index (χ1) is 9.18. The van der Waals surface area contributed by atoms with Gasteiger partial charge in [0, 0.05) is 15.9 Å². The summed E-state index contributed by atoms with van der Waals surface area (Å²) in [6.07, 6.45) is -0.00372. The molecular weight excluding hydrogens is 326 g/mol. The number of hydrogen-bond acceptors (Lipinski definition) is 3. The zero-order chi connectivity index (χ0) is 13.7. The second kappa shape index (κ2) is 6.84. The van der Waals surface area contributed by atoms with E-state index >= 15 is 0 Å². The number of carbonyl (C=O) groups is 1. The largest absolute Gasteiger partial charge is 0.388 e. The molecule has 2 N–H and O–H groups in total. The van der Waals surface area contributed by atoms with Crippen LogP contribution in [0.5, 0.6) is 0 Å². The van der Waals surface area contributed by atoms with Gasteiger partial charge in [-0.1, -0.05) is 18.2 Å². The number of aliphatic hydroxyl groups excluding tert-OH is 1. The van der Waals surface area contributed by atoms with Crippen molar-refractivity contribution >= 4 is 33.2 Å². The molecule has 5 heteroatoms. The minimum absolute atomic E-state index is 0.133. The summed E-state index contributed by atoms with van der Waals surface area (Å²) in [5, 5.41) is 14.6. The molecule has 100 valence electrons. The normalized spacial score (nSPS) is 12.1. The van der Waals surface area contributed by atoms with Gasteiger partial charge in [0.25, 0.3) is 5.91 Å². The van der Waals surface area contributed by atoms with Crippen LogP contribution >= 0.6 is 27.3 Å². The van der Waals surface area contributed by atoms with Crippen molar-refractivity contribution < 1.29 is 9.90 Å². The number of hydrogen-bond donors (Lipinski definition) is 2. The third-order valence-electron chi connectivity index (χ3n) is 2.69. The van der Waals surface area contributed by atoms with Crippen molar-refractivity contribution in [3.05, 3.63) is 56.7 Å². The van der Waals surface area contributed by atoms with E-state index in [0.717, 1.165) is 9.35 Å².